The molecule has 0 amide bonds. The summed E-state index contributed by atoms with van der Waals surface area (Å²) in [5.74, 6) is 0. The number of benzene rings is 1. The highest BCUT2D eigenvalue weighted by atomic mass is 79.9. The Morgan fingerprint density at radius 2 is 2.12 bits per heavy atom. The van der Waals surface area contributed by atoms with Crippen LogP contribution in [0.1, 0.15) is 18.4 Å². The first-order valence-electron chi connectivity index (χ1n) is 6.03. The van der Waals surface area contributed by atoms with Gasteiger partial charge in [-0.25, -0.2) is 0 Å². The fraction of sp³-hybridized carbons (Fsp3) is 0.538. The van der Waals surface area contributed by atoms with Gasteiger partial charge in [0.2, 0.25) is 0 Å². The quantitative estimate of drug-likeness (QED) is 0.886. The maximum absolute atomic E-state index is 3.61. The van der Waals surface area contributed by atoms with Crippen LogP contribution < -0.4 is 10.6 Å². The van der Waals surface area contributed by atoms with Crippen molar-refractivity contribution in [2.24, 2.45) is 0 Å². The molecule has 16 heavy (non-hydrogen) atoms. The average Bonchev–Trinajstić information content (AvgIpc) is 2.33. The minimum Gasteiger partial charge on any atom is -0.315 e. The van der Waals surface area contributed by atoms with Gasteiger partial charge in [-0.2, -0.15) is 0 Å². The molecule has 1 fully saturated rings. The van der Waals surface area contributed by atoms with E-state index in [0.29, 0.717) is 6.04 Å². The standard InChI is InChI=1S/C13H19BrN2/c14-12-5-3-11(4-6-12)7-9-16-13-2-1-8-15-10-13/h3-6,13,15-16H,1-2,7-10H2. The molecule has 88 valence electrons. The molecule has 2 rings (SSSR count). The van der Waals surface area contributed by atoms with Crippen LogP contribution in [0.25, 0.3) is 0 Å². The van der Waals surface area contributed by atoms with Crippen molar-refractivity contribution in [2.75, 3.05) is 19.6 Å². The maximum Gasteiger partial charge on any atom is 0.0193 e. The second-order valence-corrected chi connectivity index (χ2v) is 5.29. The first kappa shape index (κ1) is 12.1. The van der Waals surface area contributed by atoms with Gasteiger partial charge in [0.25, 0.3) is 0 Å². The smallest absolute Gasteiger partial charge is 0.0193 e. The molecule has 1 aromatic carbocycles. The molecular weight excluding hydrogens is 264 g/mol. The number of hydrogen-bond acceptors (Lipinski definition) is 2. The van der Waals surface area contributed by atoms with Crippen molar-refractivity contribution in [3.05, 3.63) is 34.3 Å². The van der Waals surface area contributed by atoms with Gasteiger partial charge in [-0.15, -0.1) is 0 Å². The average molecular weight is 283 g/mol. The zero-order chi connectivity index (χ0) is 11.2. The van der Waals surface area contributed by atoms with Crippen molar-refractivity contribution in [2.45, 2.75) is 25.3 Å². The monoisotopic (exact) mass is 282 g/mol. The van der Waals surface area contributed by atoms with Gasteiger partial charge in [-0.05, 0) is 50.0 Å². The lowest BCUT2D eigenvalue weighted by molar-refractivity contribution is 0.392. The van der Waals surface area contributed by atoms with E-state index >= 15 is 0 Å². The molecule has 1 saturated heterocycles. The summed E-state index contributed by atoms with van der Waals surface area (Å²) >= 11 is 3.45. The van der Waals surface area contributed by atoms with Crippen molar-refractivity contribution in [1.29, 1.82) is 0 Å². The van der Waals surface area contributed by atoms with Crippen LogP contribution >= 0.6 is 15.9 Å². The number of nitrogens with one attached hydrogen (secondary N) is 2. The molecule has 0 spiro atoms. The van der Waals surface area contributed by atoms with Crippen LogP contribution in [0.3, 0.4) is 0 Å². The normalized spacial score (nSPS) is 20.9. The summed E-state index contributed by atoms with van der Waals surface area (Å²) in [6.07, 6.45) is 3.73. The van der Waals surface area contributed by atoms with E-state index in [9.17, 15) is 0 Å². The molecule has 1 heterocycles. The SMILES string of the molecule is Brc1ccc(CCNC2CCCNC2)cc1. The van der Waals surface area contributed by atoms with Crippen LogP contribution in [0.15, 0.2) is 28.7 Å². The molecule has 1 unspecified atom stereocenters. The van der Waals surface area contributed by atoms with Crippen molar-refractivity contribution in [3.63, 3.8) is 0 Å². The van der Waals surface area contributed by atoms with Gasteiger partial charge in [-0.1, -0.05) is 28.1 Å². The lowest BCUT2D eigenvalue weighted by Crippen LogP contribution is -2.43. The van der Waals surface area contributed by atoms with E-state index in [1.54, 1.807) is 0 Å². The Labute approximate surface area is 106 Å². The highest BCUT2D eigenvalue weighted by Crippen LogP contribution is 2.10. The molecular formula is C13H19BrN2. The lowest BCUT2D eigenvalue weighted by Gasteiger charge is -2.23. The van der Waals surface area contributed by atoms with Crippen molar-refractivity contribution < 1.29 is 0 Å². The van der Waals surface area contributed by atoms with Crippen LogP contribution in [0.5, 0.6) is 0 Å². The van der Waals surface area contributed by atoms with Crippen molar-refractivity contribution in [1.82, 2.24) is 10.6 Å². The third-order valence-corrected chi connectivity index (χ3v) is 3.59. The second kappa shape index (κ2) is 6.38. The Morgan fingerprint density at radius 3 is 2.81 bits per heavy atom. The molecule has 1 aliphatic rings. The highest BCUT2D eigenvalue weighted by molar-refractivity contribution is 9.10. The fourth-order valence-corrected chi connectivity index (χ4v) is 2.36. The summed E-state index contributed by atoms with van der Waals surface area (Å²) in [5, 5.41) is 7.03. The van der Waals surface area contributed by atoms with E-state index in [0.717, 1.165) is 24.0 Å². The van der Waals surface area contributed by atoms with Crippen LogP contribution in [-0.2, 0) is 6.42 Å². The molecule has 2 nitrogen and oxygen atoms in total. The first-order chi connectivity index (χ1) is 7.84. The molecule has 3 heteroatoms. The molecule has 1 aliphatic heterocycles. The van der Waals surface area contributed by atoms with Crippen LogP contribution in [0.4, 0.5) is 0 Å². The minimum atomic E-state index is 0.671. The summed E-state index contributed by atoms with van der Waals surface area (Å²) in [6, 6.07) is 9.26. The summed E-state index contributed by atoms with van der Waals surface area (Å²) in [4.78, 5) is 0. The summed E-state index contributed by atoms with van der Waals surface area (Å²) in [5.41, 5.74) is 1.40. The Balaban J connectivity index is 1.69. The van der Waals surface area contributed by atoms with Crippen LogP contribution in [0.2, 0.25) is 0 Å². The predicted octanol–water partition coefficient (Wildman–Crippen LogP) is 2.33. The Hall–Kier alpha value is -0.380. The van der Waals surface area contributed by atoms with E-state index < -0.39 is 0 Å². The van der Waals surface area contributed by atoms with Gasteiger partial charge in [-0.3, -0.25) is 0 Å². The van der Waals surface area contributed by atoms with E-state index in [1.165, 1.54) is 24.9 Å². The fourth-order valence-electron chi connectivity index (χ4n) is 2.10. The molecule has 1 aromatic rings. The Kier molecular flexibility index (Phi) is 4.82. The van der Waals surface area contributed by atoms with Gasteiger partial charge >= 0.3 is 0 Å². The zero-order valence-corrected chi connectivity index (χ0v) is 11.1. The molecule has 0 aliphatic carbocycles. The second-order valence-electron chi connectivity index (χ2n) is 4.37. The number of rotatable bonds is 4. The maximum atomic E-state index is 3.61. The Morgan fingerprint density at radius 1 is 1.31 bits per heavy atom. The predicted molar refractivity (Wildman–Crippen MR) is 71.7 cm³/mol. The number of piperidine rings is 1. The zero-order valence-electron chi connectivity index (χ0n) is 9.51. The molecule has 1 atom stereocenters. The highest BCUT2D eigenvalue weighted by Gasteiger charge is 2.10. The lowest BCUT2D eigenvalue weighted by atomic mass is 10.1. The van der Waals surface area contributed by atoms with Crippen LogP contribution in [0, 0.1) is 0 Å². The van der Waals surface area contributed by atoms with Gasteiger partial charge in [0, 0.05) is 17.1 Å². The van der Waals surface area contributed by atoms with Gasteiger partial charge in [0.15, 0.2) is 0 Å². The Bertz CT molecular complexity index is 304. The van der Waals surface area contributed by atoms with E-state index in [4.69, 9.17) is 0 Å². The van der Waals surface area contributed by atoms with Gasteiger partial charge in [0.1, 0.15) is 0 Å². The third kappa shape index (κ3) is 3.89. The first-order valence-corrected chi connectivity index (χ1v) is 6.82. The third-order valence-electron chi connectivity index (χ3n) is 3.06. The topological polar surface area (TPSA) is 24.1 Å². The van der Waals surface area contributed by atoms with Crippen molar-refractivity contribution in [3.8, 4) is 0 Å². The van der Waals surface area contributed by atoms with Gasteiger partial charge < -0.3 is 10.6 Å². The molecule has 0 saturated carbocycles. The molecule has 0 bridgehead atoms. The number of halogens is 1. The van der Waals surface area contributed by atoms with E-state index in [1.807, 2.05) is 0 Å². The largest absolute Gasteiger partial charge is 0.315 e. The summed E-state index contributed by atoms with van der Waals surface area (Å²) in [7, 11) is 0. The molecule has 2 N–H and O–H groups in total. The van der Waals surface area contributed by atoms with Crippen molar-refractivity contribution >= 4 is 15.9 Å². The minimum absolute atomic E-state index is 0.671. The summed E-state index contributed by atoms with van der Waals surface area (Å²) in [6.45, 7) is 3.39. The summed E-state index contributed by atoms with van der Waals surface area (Å²) < 4.78 is 1.15. The number of hydrogen-bond donors (Lipinski definition) is 2. The van der Waals surface area contributed by atoms with Crippen LogP contribution in [-0.4, -0.2) is 25.7 Å². The van der Waals surface area contributed by atoms with E-state index in [-0.39, 0.29) is 0 Å². The molecule has 0 aromatic heterocycles. The van der Waals surface area contributed by atoms with E-state index in [2.05, 4.69) is 50.8 Å². The molecule has 0 radical (unpaired) electrons. The van der Waals surface area contributed by atoms with Gasteiger partial charge in [0.05, 0.1) is 0 Å².